The van der Waals surface area contributed by atoms with Crippen molar-refractivity contribution in [3.8, 4) is 0 Å². The molecule has 0 spiro atoms. The number of para-hydroxylation sites is 1. The second-order valence-electron chi connectivity index (χ2n) is 7.61. The van der Waals surface area contributed by atoms with Crippen LogP contribution < -0.4 is 0 Å². The zero-order chi connectivity index (χ0) is 18.8. The first-order valence-corrected chi connectivity index (χ1v) is 9.99. The van der Waals surface area contributed by atoms with Gasteiger partial charge in [0.05, 0.1) is 5.92 Å². The standard InChI is InChI=1S/C21H28N4O2/c1-2-23-9-11-24(12-10-23)21(27)17-13-20(26)25(15-17)8-7-16-14-22-19-6-4-3-5-18(16)19/h3-6,14,17,22H,2,7-13,15H2,1H3. The largest absolute Gasteiger partial charge is 0.361 e. The Hall–Kier alpha value is -2.34. The van der Waals surface area contributed by atoms with Crippen LogP contribution in [0, 0.1) is 5.92 Å². The van der Waals surface area contributed by atoms with Crippen LogP contribution in [0.2, 0.25) is 0 Å². The first-order chi connectivity index (χ1) is 13.2. The molecule has 27 heavy (non-hydrogen) atoms. The minimum atomic E-state index is -0.173. The molecule has 0 radical (unpaired) electrons. The summed E-state index contributed by atoms with van der Waals surface area (Å²) in [4.78, 5) is 34.7. The molecular weight excluding hydrogens is 340 g/mol. The van der Waals surface area contributed by atoms with E-state index in [1.807, 2.05) is 28.1 Å². The van der Waals surface area contributed by atoms with Gasteiger partial charge in [-0.2, -0.15) is 0 Å². The van der Waals surface area contributed by atoms with Gasteiger partial charge in [-0.15, -0.1) is 0 Å². The second-order valence-corrected chi connectivity index (χ2v) is 7.61. The average Bonchev–Trinajstić information content (AvgIpc) is 3.29. The predicted molar refractivity (Wildman–Crippen MR) is 105 cm³/mol. The van der Waals surface area contributed by atoms with Gasteiger partial charge in [0.25, 0.3) is 0 Å². The Balaban J connectivity index is 1.33. The van der Waals surface area contributed by atoms with Gasteiger partial charge in [0.2, 0.25) is 11.8 Å². The Morgan fingerprint density at radius 3 is 2.74 bits per heavy atom. The third-order valence-corrected chi connectivity index (χ3v) is 6.02. The number of aromatic nitrogens is 1. The third-order valence-electron chi connectivity index (χ3n) is 6.02. The maximum absolute atomic E-state index is 12.8. The number of aromatic amines is 1. The highest BCUT2D eigenvalue weighted by Gasteiger charge is 2.36. The van der Waals surface area contributed by atoms with E-state index in [0.717, 1.165) is 44.7 Å². The quantitative estimate of drug-likeness (QED) is 0.874. The number of piperazine rings is 1. The fourth-order valence-electron chi connectivity index (χ4n) is 4.29. The van der Waals surface area contributed by atoms with Crippen LogP contribution in [0.3, 0.4) is 0 Å². The summed E-state index contributed by atoms with van der Waals surface area (Å²) in [5.74, 6) is 0.0997. The molecule has 1 N–H and O–H groups in total. The number of nitrogens with zero attached hydrogens (tertiary/aromatic N) is 3. The summed E-state index contributed by atoms with van der Waals surface area (Å²) < 4.78 is 0. The predicted octanol–water partition coefficient (Wildman–Crippen LogP) is 1.72. The summed E-state index contributed by atoms with van der Waals surface area (Å²) in [6, 6.07) is 8.22. The summed E-state index contributed by atoms with van der Waals surface area (Å²) in [5, 5.41) is 1.21. The number of fused-ring (bicyclic) bond motifs is 1. The van der Waals surface area contributed by atoms with E-state index < -0.39 is 0 Å². The van der Waals surface area contributed by atoms with E-state index >= 15 is 0 Å². The molecule has 1 aromatic heterocycles. The van der Waals surface area contributed by atoms with Crippen molar-refractivity contribution in [1.82, 2.24) is 19.7 Å². The van der Waals surface area contributed by atoms with Crippen molar-refractivity contribution in [1.29, 1.82) is 0 Å². The van der Waals surface area contributed by atoms with Crippen LogP contribution in [-0.4, -0.2) is 77.3 Å². The number of rotatable bonds is 5. The summed E-state index contributed by atoms with van der Waals surface area (Å²) in [6.45, 7) is 7.87. The van der Waals surface area contributed by atoms with Gasteiger partial charge in [-0.05, 0) is 24.6 Å². The summed E-state index contributed by atoms with van der Waals surface area (Å²) >= 11 is 0. The smallest absolute Gasteiger partial charge is 0.228 e. The molecule has 0 aliphatic carbocycles. The molecule has 0 saturated carbocycles. The van der Waals surface area contributed by atoms with Gasteiger partial charge < -0.3 is 19.7 Å². The SMILES string of the molecule is CCN1CCN(C(=O)C2CC(=O)N(CCc3c[nH]c4ccccc34)C2)CC1. The summed E-state index contributed by atoms with van der Waals surface area (Å²) in [5.41, 5.74) is 2.35. The van der Waals surface area contributed by atoms with E-state index in [0.29, 0.717) is 19.5 Å². The molecule has 6 heteroatoms. The molecule has 1 unspecified atom stereocenters. The summed E-state index contributed by atoms with van der Waals surface area (Å²) in [6.07, 6.45) is 3.20. The molecule has 2 fully saturated rings. The lowest BCUT2D eigenvalue weighted by atomic mass is 10.1. The number of amides is 2. The number of carbonyl (C=O) groups excluding carboxylic acids is 2. The van der Waals surface area contributed by atoms with Gasteiger partial charge in [0, 0.05) is 62.8 Å². The molecule has 2 aromatic rings. The number of nitrogens with one attached hydrogen (secondary N) is 1. The fraction of sp³-hybridized carbons (Fsp3) is 0.524. The van der Waals surface area contributed by atoms with Crippen molar-refractivity contribution >= 4 is 22.7 Å². The third kappa shape index (κ3) is 3.72. The van der Waals surface area contributed by atoms with Crippen LogP contribution in [0.15, 0.2) is 30.5 Å². The van der Waals surface area contributed by atoms with Gasteiger partial charge in [0.15, 0.2) is 0 Å². The zero-order valence-electron chi connectivity index (χ0n) is 16.0. The molecule has 2 saturated heterocycles. The number of hydrogen-bond acceptors (Lipinski definition) is 3. The highest BCUT2D eigenvalue weighted by atomic mass is 16.2. The van der Waals surface area contributed by atoms with Crippen molar-refractivity contribution < 1.29 is 9.59 Å². The van der Waals surface area contributed by atoms with E-state index in [9.17, 15) is 9.59 Å². The van der Waals surface area contributed by atoms with E-state index in [2.05, 4.69) is 28.9 Å². The van der Waals surface area contributed by atoms with Gasteiger partial charge in [0.1, 0.15) is 0 Å². The molecule has 6 nitrogen and oxygen atoms in total. The molecule has 2 aliphatic rings. The molecule has 2 amide bonds. The number of H-pyrrole nitrogens is 1. The van der Waals surface area contributed by atoms with E-state index in [1.165, 1.54) is 10.9 Å². The number of carbonyl (C=O) groups is 2. The molecule has 4 rings (SSSR count). The first kappa shape index (κ1) is 18.0. The van der Waals surface area contributed by atoms with E-state index in [1.54, 1.807) is 0 Å². The van der Waals surface area contributed by atoms with Crippen molar-refractivity contribution in [2.75, 3.05) is 45.8 Å². The van der Waals surface area contributed by atoms with Gasteiger partial charge in [-0.25, -0.2) is 0 Å². The highest BCUT2D eigenvalue weighted by Crippen LogP contribution is 2.23. The molecular formula is C21H28N4O2. The van der Waals surface area contributed by atoms with Crippen LogP contribution in [0.25, 0.3) is 10.9 Å². The van der Waals surface area contributed by atoms with Gasteiger partial charge in [-0.1, -0.05) is 25.1 Å². The van der Waals surface area contributed by atoms with E-state index in [-0.39, 0.29) is 17.7 Å². The Kier molecular flexibility index (Phi) is 5.16. The van der Waals surface area contributed by atoms with Crippen molar-refractivity contribution in [3.05, 3.63) is 36.0 Å². The Labute approximate surface area is 160 Å². The minimum Gasteiger partial charge on any atom is -0.361 e. The van der Waals surface area contributed by atoms with Crippen LogP contribution >= 0.6 is 0 Å². The lowest BCUT2D eigenvalue weighted by Gasteiger charge is -2.35. The highest BCUT2D eigenvalue weighted by molar-refractivity contribution is 5.89. The van der Waals surface area contributed by atoms with Crippen molar-refractivity contribution in [2.24, 2.45) is 5.92 Å². The van der Waals surface area contributed by atoms with Crippen LogP contribution in [-0.2, 0) is 16.0 Å². The molecule has 144 valence electrons. The fourth-order valence-corrected chi connectivity index (χ4v) is 4.29. The summed E-state index contributed by atoms with van der Waals surface area (Å²) in [7, 11) is 0. The number of likely N-dealkylation sites (N-methyl/N-ethyl adjacent to an activating group) is 1. The van der Waals surface area contributed by atoms with Crippen molar-refractivity contribution in [2.45, 2.75) is 19.8 Å². The topological polar surface area (TPSA) is 59.7 Å². The first-order valence-electron chi connectivity index (χ1n) is 9.99. The molecule has 3 heterocycles. The molecule has 0 bridgehead atoms. The normalized spacial score (nSPS) is 21.4. The lowest BCUT2D eigenvalue weighted by molar-refractivity contribution is -0.137. The van der Waals surface area contributed by atoms with Crippen LogP contribution in [0.4, 0.5) is 0 Å². The number of benzene rings is 1. The van der Waals surface area contributed by atoms with E-state index in [4.69, 9.17) is 0 Å². The Bertz CT molecular complexity index is 822. The molecule has 1 atom stereocenters. The monoisotopic (exact) mass is 368 g/mol. The second kappa shape index (κ2) is 7.72. The molecule has 1 aromatic carbocycles. The zero-order valence-corrected chi connectivity index (χ0v) is 16.0. The number of likely N-dealkylation sites (tertiary alicyclic amines) is 1. The lowest BCUT2D eigenvalue weighted by Crippen LogP contribution is -2.50. The maximum Gasteiger partial charge on any atom is 0.228 e. The van der Waals surface area contributed by atoms with Gasteiger partial charge >= 0.3 is 0 Å². The van der Waals surface area contributed by atoms with Gasteiger partial charge in [-0.3, -0.25) is 9.59 Å². The molecule has 2 aliphatic heterocycles. The minimum absolute atomic E-state index is 0.111. The van der Waals surface area contributed by atoms with Crippen molar-refractivity contribution in [3.63, 3.8) is 0 Å². The number of hydrogen-bond donors (Lipinski definition) is 1. The van der Waals surface area contributed by atoms with Crippen LogP contribution in [0.5, 0.6) is 0 Å². The van der Waals surface area contributed by atoms with Crippen LogP contribution in [0.1, 0.15) is 18.9 Å². The Morgan fingerprint density at radius 2 is 1.96 bits per heavy atom. The maximum atomic E-state index is 12.8. The average molecular weight is 368 g/mol. The Morgan fingerprint density at radius 1 is 1.19 bits per heavy atom.